The Kier molecular flexibility index (Phi) is 3.64. The molecule has 2 aromatic rings. The van der Waals surface area contributed by atoms with E-state index in [0.29, 0.717) is 5.56 Å². The van der Waals surface area contributed by atoms with Crippen LogP contribution in [0.1, 0.15) is 10.4 Å². The van der Waals surface area contributed by atoms with Gasteiger partial charge in [-0.15, -0.1) is 0 Å². The molecule has 0 radical (unpaired) electrons. The molecule has 86 valence electrons. The van der Waals surface area contributed by atoms with Gasteiger partial charge in [0.25, 0.3) is 0 Å². The highest BCUT2D eigenvalue weighted by Gasteiger charge is 2.09. The Hall–Kier alpha value is -1.13. The summed E-state index contributed by atoms with van der Waals surface area (Å²) >= 11 is 6.85. The molecular weight excluding hydrogens is 346 g/mol. The molecule has 0 saturated carbocycles. The molecule has 2 rings (SSSR count). The molecule has 0 bridgehead atoms. The van der Waals surface area contributed by atoms with Crippen LogP contribution in [0.25, 0.3) is 11.1 Å². The second kappa shape index (κ2) is 5.02. The van der Waals surface area contributed by atoms with Crippen LogP contribution < -0.4 is 5.73 Å². The van der Waals surface area contributed by atoms with Gasteiger partial charge in [-0.25, -0.2) is 0 Å². The first-order valence-corrected chi connectivity index (χ1v) is 6.52. The number of hydrogen-bond donors (Lipinski definition) is 1. The van der Waals surface area contributed by atoms with Gasteiger partial charge in [-0.05, 0) is 35.4 Å². The van der Waals surface area contributed by atoms with Crippen molar-refractivity contribution >= 4 is 37.8 Å². The highest BCUT2D eigenvalue weighted by atomic mass is 79.9. The summed E-state index contributed by atoms with van der Waals surface area (Å²) in [5.41, 5.74) is 7.67. The first kappa shape index (κ1) is 12.3. The molecule has 0 fully saturated rings. The molecule has 0 atom stereocenters. The van der Waals surface area contributed by atoms with Crippen molar-refractivity contribution in [2.24, 2.45) is 5.73 Å². The van der Waals surface area contributed by atoms with Crippen molar-refractivity contribution in [2.45, 2.75) is 0 Å². The Morgan fingerprint density at radius 3 is 2.18 bits per heavy atom. The molecule has 2 aromatic carbocycles. The number of amides is 1. The Bertz CT molecular complexity index is 561. The van der Waals surface area contributed by atoms with Gasteiger partial charge >= 0.3 is 0 Å². The van der Waals surface area contributed by atoms with E-state index in [9.17, 15) is 4.79 Å². The maximum Gasteiger partial charge on any atom is 0.249 e. The number of hydrogen-bond acceptors (Lipinski definition) is 1. The average molecular weight is 355 g/mol. The zero-order chi connectivity index (χ0) is 12.4. The first-order chi connectivity index (χ1) is 8.08. The van der Waals surface area contributed by atoms with Gasteiger partial charge in [-0.2, -0.15) is 0 Å². The van der Waals surface area contributed by atoms with Crippen molar-refractivity contribution in [1.29, 1.82) is 0 Å². The second-order valence-corrected chi connectivity index (χ2v) is 5.40. The highest BCUT2D eigenvalue weighted by molar-refractivity contribution is 9.11. The number of rotatable bonds is 2. The standard InChI is InChI=1S/C13H9Br2NO/c14-9-5-8(6-10(15)7-9)11-3-1-2-4-12(11)13(16)17/h1-7H,(H2,16,17). The van der Waals surface area contributed by atoms with Crippen molar-refractivity contribution in [3.63, 3.8) is 0 Å². The van der Waals surface area contributed by atoms with E-state index in [1.807, 2.05) is 30.3 Å². The number of primary amides is 1. The number of carbonyl (C=O) groups excluding carboxylic acids is 1. The summed E-state index contributed by atoms with van der Waals surface area (Å²) in [6.07, 6.45) is 0. The summed E-state index contributed by atoms with van der Waals surface area (Å²) < 4.78 is 1.89. The van der Waals surface area contributed by atoms with Crippen LogP contribution in [-0.4, -0.2) is 5.91 Å². The van der Waals surface area contributed by atoms with Crippen LogP contribution in [0.15, 0.2) is 51.4 Å². The number of nitrogens with two attached hydrogens (primary N) is 1. The molecule has 0 aliphatic carbocycles. The molecule has 0 unspecified atom stereocenters. The molecule has 0 aliphatic heterocycles. The quantitative estimate of drug-likeness (QED) is 0.870. The van der Waals surface area contributed by atoms with E-state index in [1.54, 1.807) is 12.1 Å². The van der Waals surface area contributed by atoms with E-state index in [0.717, 1.165) is 20.1 Å². The summed E-state index contributed by atoms with van der Waals surface area (Å²) in [4.78, 5) is 11.4. The summed E-state index contributed by atoms with van der Waals surface area (Å²) in [5, 5.41) is 0. The van der Waals surface area contributed by atoms with Crippen LogP contribution in [0.4, 0.5) is 0 Å². The Balaban J connectivity index is 2.64. The molecular formula is C13H9Br2NO. The van der Waals surface area contributed by atoms with Crippen molar-refractivity contribution in [3.05, 3.63) is 57.0 Å². The van der Waals surface area contributed by atoms with E-state index >= 15 is 0 Å². The lowest BCUT2D eigenvalue weighted by Crippen LogP contribution is -2.12. The highest BCUT2D eigenvalue weighted by Crippen LogP contribution is 2.29. The van der Waals surface area contributed by atoms with Crippen molar-refractivity contribution in [3.8, 4) is 11.1 Å². The first-order valence-electron chi connectivity index (χ1n) is 4.93. The van der Waals surface area contributed by atoms with Crippen LogP contribution in [-0.2, 0) is 0 Å². The Morgan fingerprint density at radius 1 is 1.00 bits per heavy atom. The minimum absolute atomic E-state index is 0.420. The smallest absolute Gasteiger partial charge is 0.249 e. The fourth-order valence-corrected chi connectivity index (χ4v) is 2.95. The number of carbonyl (C=O) groups is 1. The minimum Gasteiger partial charge on any atom is -0.366 e. The predicted octanol–water partition coefficient (Wildman–Crippen LogP) is 3.98. The fourth-order valence-electron chi connectivity index (χ4n) is 1.66. The molecule has 0 aromatic heterocycles. The maximum atomic E-state index is 11.4. The zero-order valence-electron chi connectivity index (χ0n) is 8.78. The van der Waals surface area contributed by atoms with Gasteiger partial charge in [0.1, 0.15) is 0 Å². The lowest BCUT2D eigenvalue weighted by Gasteiger charge is -2.07. The normalized spacial score (nSPS) is 10.2. The predicted molar refractivity (Wildman–Crippen MR) is 75.8 cm³/mol. The lowest BCUT2D eigenvalue weighted by molar-refractivity contribution is 0.100. The van der Waals surface area contributed by atoms with Crippen LogP contribution in [0, 0.1) is 0 Å². The summed E-state index contributed by atoms with van der Waals surface area (Å²) in [6, 6.07) is 13.1. The Labute approximate surface area is 116 Å². The van der Waals surface area contributed by atoms with Gasteiger partial charge < -0.3 is 5.73 Å². The molecule has 1 amide bonds. The van der Waals surface area contributed by atoms with E-state index in [2.05, 4.69) is 31.9 Å². The third kappa shape index (κ3) is 2.76. The molecule has 17 heavy (non-hydrogen) atoms. The van der Waals surface area contributed by atoms with E-state index in [4.69, 9.17) is 5.73 Å². The topological polar surface area (TPSA) is 43.1 Å². The van der Waals surface area contributed by atoms with E-state index in [-0.39, 0.29) is 0 Å². The molecule has 0 aliphatic rings. The fraction of sp³-hybridized carbons (Fsp3) is 0. The van der Waals surface area contributed by atoms with Gasteiger partial charge in [0.2, 0.25) is 5.91 Å². The zero-order valence-corrected chi connectivity index (χ0v) is 12.0. The van der Waals surface area contributed by atoms with Gasteiger partial charge in [0, 0.05) is 14.5 Å². The number of halogens is 2. The van der Waals surface area contributed by atoms with Crippen LogP contribution in [0.2, 0.25) is 0 Å². The van der Waals surface area contributed by atoms with E-state index in [1.165, 1.54) is 0 Å². The van der Waals surface area contributed by atoms with Crippen molar-refractivity contribution in [2.75, 3.05) is 0 Å². The third-order valence-electron chi connectivity index (χ3n) is 2.37. The molecule has 2 nitrogen and oxygen atoms in total. The van der Waals surface area contributed by atoms with E-state index < -0.39 is 5.91 Å². The second-order valence-electron chi connectivity index (χ2n) is 3.57. The summed E-state index contributed by atoms with van der Waals surface area (Å²) in [5.74, 6) is -0.420. The van der Waals surface area contributed by atoms with Gasteiger partial charge in [-0.3, -0.25) is 4.79 Å². The number of benzene rings is 2. The molecule has 0 saturated heterocycles. The molecule has 4 heteroatoms. The summed E-state index contributed by atoms with van der Waals surface area (Å²) in [7, 11) is 0. The van der Waals surface area contributed by atoms with Crippen LogP contribution >= 0.6 is 31.9 Å². The van der Waals surface area contributed by atoms with Crippen LogP contribution in [0.3, 0.4) is 0 Å². The maximum absolute atomic E-state index is 11.4. The molecule has 0 spiro atoms. The van der Waals surface area contributed by atoms with Gasteiger partial charge in [-0.1, -0.05) is 50.1 Å². The van der Waals surface area contributed by atoms with Gasteiger partial charge in [0.15, 0.2) is 0 Å². The SMILES string of the molecule is NC(=O)c1ccccc1-c1cc(Br)cc(Br)c1. The minimum atomic E-state index is -0.420. The third-order valence-corrected chi connectivity index (χ3v) is 3.28. The van der Waals surface area contributed by atoms with Crippen LogP contribution in [0.5, 0.6) is 0 Å². The lowest BCUT2D eigenvalue weighted by atomic mass is 9.99. The van der Waals surface area contributed by atoms with Crippen molar-refractivity contribution in [1.82, 2.24) is 0 Å². The average Bonchev–Trinajstić information content (AvgIpc) is 2.27. The molecule has 0 heterocycles. The van der Waals surface area contributed by atoms with Crippen molar-refractivity contribution < 1.29 is 4.79 Å². The Morgan fingerprint density at radius 2 is 1.59 bits per heavy atom. The largest absolute Gasteiger partial charge is 0.366 e. The monoisotopic (exact) mass is 353 g/mol. The van der Waals surface area contributed by atoms with Gasteiger partial charge in [0.05, 0.1) is 0 Å². The molecule has 2 N–H and O–H groups in total. The summed E-state index contributed by atoms with van der Waals surface area (Å²) in [6.45, 7) is 0.